The van der Waals surface area contributed by atoms with E-state index in [0.717, 1.165) is 0 Å². The summed E-state index contributed by atoms with van der Waals surface area (Å²) in [5.41, 5.74) is 6.88. The monoisotopic (exact) mass is 519 g/mol. The van der Waals surface area contributed by atoms with Crippen LogP contribution >= 0.6 is 0 Å². The first-order chi connectivity index (χ1) is 17.1. The van der Waals surface area contributed by atoms with Crippen LogP contribution in [0.4, 0.5) is 14.5 Å². The Balaban J connectivity index is 0.000000222. The van der Waals surface area contributed by atoms with E-state index in [-0.39, 0.29) is 23.0 Å². The van der Waals surface area contributed by atoms with Gasteiger partial charge in [-0.2, -0.15) is 0 Å². The highest BCUT2D eigenvalue weighted by molar-refractivity contribution is 7.92. The van der Waals surface area contributed by atoms with Crippen molar-refractivity contribution in [1.82, 2.24) is 9.97 Å². The number of ether oxygens (including phenoxy) is 1. The number of anilines is 1. The first-order valence-electron chi connectivity index (χ1n) is 10.6. The summed E-state index contributed by atoms with van der Waals surface area (Å²) in [5.74, 6) is -0.442. The molecular weight excluding hydrogens is 492 g/mol. The van der Waals surface area contributed by atoms with Gasteiger partial charge in [0.25, 0.3) is 0 Å². The fourth-order valence-electron chi connectivity index (χ4n) is 2.89. The summed E-state index contributed by atoms with van der Waals surface area (Å²) in [6, 6.07) is 11.6. The van der Waals surface area contributed by atoms with Crippen LogP contribution < -0.4 is 15.8 Å². The predicted molar refractivity (Wildman–Crippen MR) is 134 cm³/mol. The molecule has 0 fully saturated rings. The molecule has 12 heteroatoms. The predicted octanol–water partition coefficient (Wildman–Crippen LogP) is 3.21. The van der Waals surface area contributed by atoms with Gasteiger partial charge in [0.05, 0.1) is 31.3 Å². The standard InChI is InChI=1S/C12H16FN3O2S.C6H5F.C6H6N2O2/c1-7-12(14)16-11(6-19(7,17)18)9-5-8(15-2)3-4-10(9)13;7-6-4-2-1-3-5-6;1-10-6-3-7-5(4-9)2-8-6/h3-5,7,11,15H,6H2,1-2H3,(H2,14,16);1-5H;2-4H,1H3. The van der Waals surface area contributed by atoms with Crippen molar-refractivity contribution in [2.75, 3.05) is 25.2 Å². The van der Waals surface area contributed by atoms with Crippen LogP contribution in [-0.4, -0.2) is 55.7 Å². The normalized spacial score (nSPS) is 17.8. The minimum Gasteiger partial charge on any atom is -0.480 e. The first-order valence-corrected chi connectivity index (χ1v) is 12.4. The summed E-state index contributed by atoms with van der Waals surface area (Å²) in [6.07, 6.45) is 3.38. The highest BCUT2D eigenvalue weighted by atomic mass is 32.2. The Bertz CT molecular complexity index is 1270. The molecule has 1 aliphatic rings. The molecule has 3 N–H and O–H groups in total. The van der Waals surface area contributed by atoms with Crippen molar-refractivity contribution in [2.24, 2.45) is 10.7 Å². The average Bonchev–Trinajstić information content (AvgIpc) is 2.88. The number of carbonyl (C=O) groups excluding carboxylic acids is 1. The van der Waals surface area contributed by atoms with E-state index in [1.165, 1.54) is 44.6 Å². The summed E-state index contributed by atoms with van der Waals surface area (Å²) in [5, 5.41) is 2.07. The smallest absolute Gasteiger partial charge is 0.232 e. The molecule has 2 heterocycles. The quantitative estimate of drug-likeness (QED) is 0.502. The van der Waals surface area contributed by atoms with Gasteiger partial charge in [0.1, 0.15) is 28.4 Å². The maximum absolute atomic E-state index is 13.8. The Labute approximate surface area is 208 Å². The van der Waals surface area contributed by atoms with Crippen LogP contribution in [0, 0.1) is 11.6 Å². The zero-order valence-corrected chi connectivity index (χ0v) is 20.7. The summed E-state index contributed by atoms with van der Waals surface area (Å²) in [6.45, 7) is 1.49. The zero-order chi connectivity index (χ0) is 26.7. The number of nitrogens with two attached hydrogens (primary N) is 1. The van der Waals surface area contributed by atoms with E-state index < -0.39 is 26.9 Å². The molecule has 2 atom stereocenters. The van der Waals surface area contributed by atoms with Crippen molar-refractivity contribution < 1.29 is 26.7 Å². The minimum absolute atomic E-state index is 0.0329. The number of sulfone groups is 1. The van der Waals surface area contributed by atoms with E-state index in [0.29, 0.717) is 23.5 Å². The van der Waals surface area contributed by atoms with E-state index in [2.05, 4.69) is 20.3 Å². The Morgan fingerprint density at radius 2 is 1.81 bits per heavy atom. The number of nitrogens with zero attached hydrogens (tertiary/aromatic N) is 3. The minimum atomic E-state index is -3.39. The lowest BCUT2D eigenvalue weighted by atomic mass is 10.1. The van der Waals surface area contributed by atoms with Gasteiger partial charge in [0.15, 0.2) is 16.1 Å². The summed E-state index contributed by atoms with van der Waals surface area (Å²) in [4.78, 5) is 21.6. The van der Waals surface area contributed by atoms with Crippen molar-refractivity contribution in [3.05, 3.63) is 83.8 Å². The van der Waals surface area contributed by atoms with Crippen LogP contribution in [0.15, 0.2) is 65.9 Å². The van der Waals surface area contributed by atoms with Crippen LogP contribution in [0.25, 0.3) is 0 Å². The fourth-order valence-corrected chi connectivity index (χ4v) is 4.30. The Hall–Kier alpha value is -3.93. The summed E-state index contributed by atoms with van der Waals surface area (Å²) >= 11 is 0. The molecule has 3 aromatic rings. The molecule has 36 heavy (non-hydrogen) atoms. The van der Waals surface area contributed by atoms with Gasteiger partial charge in [0.2, 0.25) is 5.88 Å². The molecule has 0 saturated carbocycles. The third-order valence-electron chi connectivity index (χ3n) is 5.01. The molecule has 1 aromatic heterocycles. The number of hydrogen-bond acceptors (Lipinski definition) is 9. The molecule has 0 bridgehead atoms. The second kappa shape index (κ2) is 13.2. The Morgan fingerprint density at radius 3 is 2.28 bits per heavy atom. The average molecular weight is 520 g/mol. The third kappa shape index (κ3) is 8.08. The number of nitrogens with one attached hydrogen (secondary N) is 1. The molecule has 192 valence electrons. The van der Waals surface area contributed by atoms with Crippen molar-refractivity contribution >= 4 is 27.6 Å². The Kier molecular flexibility index (Phi) is 10.4. The second-order valence-electron chi connectivity index (χ2n) is 7.42. The summed E-state index contributed by atoms with van der Waals surface area (Å²) < 4.78 is 54.3. The van der Waals surface area contributed by atoms with E-state index in [4.69, 9.17) is 10.5 Å². The number of aliphatic imine (C=N–C) groups is 1. The molecule has 0 radical (unpaired) electrons. The summed E-state index contributed by atoms with van der Waals surface area (Å²) in [7, 11) is -0.194. The molecular formula is C24H27F2N5O4S. The van der Waals surface area contributed by atoms with Gasteiger partial charge < -0.3 is 15.8 Å². The molecule has 4 rings (SSSR count). The highest BCUT2D eigenvalue weighted by Gasteiger charge is 2.34. The van der Waals surface area contributed by atoms with E-state index >= 15 is 0 Å². The number of aldehydes is 1. The molecule has 2 aromatic carbocycles. The van der Waals surface area contributed by atoms with Crippen molar-refractivity contribution in [1.29, 1.82) is 0 Å². The molecule has 0 amide bonds. The number of hydrogen-bond donors (Lipinski definition) is 2. The molecule has 9 nitrogen and oxygen atoms in total. The van der Waals surface area contributed by atoms with Crippen molar-refractivity contribution in [3.8, 4) is 5.88 Å². The van der Waals surface area contributed by atoms with Gasteiger partial charge in [-0.15, -0.1) is 0 Å². The van der Waals surface area contributed by atoms with Crippen LogP contribution in [0.1, 0.15) is 29.0 Å². The number of aromatic nitrogens is 2. The van der Waals surface area contributed by atoms with Crippen LogP contribution in [-0.2, 0) is 9.84 Å². The van der Waals surface area contributed by atoms with Gasteiger partial charge in [0, 0.05) is 18.3 Å². The number of methoxy groups -OCH3 is 1. The highest BCUT2D eigenvalue weighted by Crippen LogP contribution is 2.29. The molecule has 2 unspecified atom stereocenters. The number of halogens is 2. The van der Waals surface area contributed by atoms with Gasteiger partial charge >= 0.3 is 0 Å². The maximum Gasteiger partial charge on any atom is 0.232 e. The molecule has 1 aliphatic heterocycles. The van der Waals surface area contributed by atoms with Crippen LogP contribution in [0.3, 0.4) is 0 Å². The van der Waals surface area contributed by atoms with Crippen LogP contribution in [0.5, 0.6) is 5.88 Å². The molecule has 0 saturated heterocycles. The fraction of sp³-hybridized carbons (Fsp3) is 0.250. The first kappa shape index (κ1) is 28.3. The lowest BCUT2D eigenvalue weighted by molar-refractivity contribution is 0.111. The zero-order valence-electron chi connectivity index (χ0n) is 19.9. The van der Waals surface area contributed by atoms with Crippen molar-refractivity contribution in [2.45, 2.75) is 18.2 Å². The van der Waals surface area contributed by atoms with E-state index in [1.807, 2.05) is 0 Å². The largest absolute Gasteiger partial charge is 0.480 e. The number of carbonyl (C=O) groups is 1. The van der Waals surface area contributed by atoms with Gasteiger partial charge in [-0.25, -0.2) is 27.2 Å². The maximum atomic E-state index is 13.8. The second-order valence-corrected chi connectivity index (χ2v) is 9.79. The Morgan fingerprint density at radius 1 is 1.11 bits per heavy atom. The topological polar surface area (TPSA) is 137 Å². The number of benzene rings is 2. The number of amidine groups is 1. The third-order valence-corrected chi connectivity index (χ3v) is 7.10. The lowest BCUT2D eigenvalue weighted by Crippen LogP contribution is -2.40. The molecule has 0 aliphatic carbocycles. The van der Waals surface area contributed by atoms with Crippen LogP contribution in [0.2, 0.25) is 0 Å². The van der Waals surface area contributed by atoms with Gasteiger partial charge in [-0.1, -0.05) is 18.2 Å². The van der Waals surface area contributed by atoms with Crippen molar-refractivity contribution in [3.63, 3.8) is 0 Å². The van der Waals surface area contributed by atoms with Gasteiger partial charge in [-0.3, -0.25) is 9.79 Å². The van der Waals surface area contributed by atoms with E-state index in [1.54, 1.807) is 37.4 Å². The van der Waals surface area contributed by atoms with Gasteiger partial charge in [-0.05, 0) is 37.3 Å². The van der Waals surface area contributed by atoms with E-state index in [9.17, 15) is 22.0 Å². The number of rotatable bonds is 4. The SMILES string of the molecule is CNc1ccc(F)c(C2CS(=O)(=O)C(C)C(N)=N2)c1.COc1cnc(C=O)cn1.Fc1ccccc1. The molecule has 0 spiro atoms. The lowest BCUT2D eigenvalue weighted by Gasteiger charge is -2.24.